The molecule has 0 bridgehead atoms. The summed E-state index contributed by atoms with van der Waals surface area (Å²) in [4.78, 5) is 15.2. The third kappa shape index (κ3) is 5.19. The molecule has 0 radical (unpaired) electrons. The summed E-state index contributed by atoms with van der Waals surface area (Å²) in [5, 5.41) is 10.9. The predicted octanol–water partition coefficient (Wildman–Crippen LogP) is 9.29. The van der Waals surface area contributed by atoms with Gasteiger partial charge in [-0.3, -0.25) is 4.40 Å². The highest BCUT2D eigenvalue weighted by atomic mass is 32.4. The SMILES string of the molecule is O=P(c1ccc2ccccc2c1)(c1ccc2c(c1)nc1c3cccc(P(=S)(c4ccccc4)c4ccccc4)c3c3ccccc3n21)c1ncc2ccccc2n1. The maximum absolute atomic E-state index is 16.0. The highest BCUT2D eigenvalue weighted by Crippen LogP contribution is 2.47. The number of benzene rings is 8. The summed E-state index contributed by atoms with van der Waals surface area (Å²) in [6, 6.07) is 61.6. The molecule has 5 nitrogen and oxygen atoms in total. The predicted molar refractivity (Wildman–Crippen MR) is 244 cm³/mol. The second-order valence-corrected chi connectivity index (χ2v) is 21.3. The molecule has 11 aromatic rings. The lowest BCUT2D eigenvalue weighted by molar-refractivity contribution is 0.591. The van der Waals surface area contributed by atoms with E-state index in [0.717, 1.165) is 75.9 Å². The third-order valence-corrected chi connectivity index (χ3v) is 18.9. The minimum atomic E-state index is -3.61. The van der Waals surface area contributed by atoms with Gasteiger partial charge in [-0.2, -0.15) is 0 Å². The summed E-state index contributed by atoms with van der Waals surface area (Å²) in [6.07, 6.45) is 1.78. The second kappa shape index (κ2) is 13.1. The molecule has 0 saturated heterocycles. The molecule has 8 aromatic carbocycles. The van der Waals surface area contributed by atoms with Gasteiger partial charge in [0.25, 0.3) is 0 Å². The van der Waals surface area contributed by atoms with E-state index >= 15 is 4.57 Å². The van der Waals surface area contributed by atoms with Crippen molar-refractivity contribution in [3.8, 4) is 0 Å². The summed E-state index contributed by atoms with van der Waals surface area (Å²) < 4.78 is 18.3. The average Bonchev–Trinajstić information content (AvgIpc) is 3.68. The van der Waals surface area contributed by atoms with Crippen LogP contribution in [0.2, 0.25) is 0 Å². The van der Waals surface area contributed by atoms with Crippen LogP contribution < -0.4 is 32.1 Å². The van der Waals surface area contributed by atoms with Crippen molar-refractivity contribution in [2.24, 2.45) is 0 Å². The summed E-state index contributed by atoms with van der Waals surface area (Å²) in [5.41, 5.74) is 4.56. The van der Waals surface area contributed by atoms with Gasteiger partial charge in [0.15, 0.2) is 5.57 Å². The highest BCUT2D eigenvalue weighted by Gasteiger charge is 2.35. The molecule has 0 fully saturated rings. The van der Waals surface area contributed by atoms with E-state index in [2.05, 4.69) is 114 Å². The third-order valence-electron chi connectivity index (χ3n) is 11.1. The summed E-state index contributed by atoms with van der Waals surface area (Å²) in [7, 11) is -3.61. The van der Waals surface area contributed by atoms with Gasteiger partial charge in [0.1, 0.15) is 5.65 Å². The molecule has 3 aromatic heterocycles. The van der Waals surface area contributed by atoms with Crippen LogP contribution in [0.25, 0.3) is 60.0 Å². The molecule has 270 valence electrons. The molecule has 0 saturated carbocycles. The molecule has 0 N–H and O–H groups in total. The van der Waals surface area contributed by atoms with Crippen LogP contribution in [0.5, 0.6) is 0 Å². The Bertz CT molecular complexity index is 3370. The van der Waals surface area contributed by atoms with E-state index in [1.54, 1.807) is 6.20 Å². The number of hydrogen-bond acceptors (Lipinski definition) is 5. The number of pyridine rings is 1. The number of aromatic nitrogens is 4. The van der Waals surface area contributed by atoms with Gasteiger partial charge in [-0.1, -0.05) is 163 Å². The number of hydrogen-bond donors (Lipinski definition) is 0. The van der Waals surface area contributed by atoms with Crippen molar-refractivity contribution in [1.82, 2.24) is 19.4 Å². The van der Waals surface area contributed by atoms with Crippen LogP contribution >= 0.6 is 13.2 Å². The number of rotatable bonds is 6. The molecule has 57 heavy (non-hydrogen) atoms. The molecule has 0 amide bonds. The van der Waals surface area contributed by atoms with Crippen LogP contribution in [0.3, 0.4) is 0 Å². The highest BCUT2D eigenvalue weighted by molar-refractivity contribution is 8.25. The Labute approximate surface area is 333 Å². The van der Waals surface area contributed by atoms with Gasteiger partial charge in [-0.05, 0) is 57.8 Å². The summed E-state index contributed by atoms with van der Waals surface area (Å²) >= 11 is 6.93. The van der Waals surface area contributed by atoms with Crippen molar-refractivity contribution in [1.29, 1.82) is 0 Å². The van der Waals surface area contributed by atoms with E-state index in [9.17, 15) is 0 Å². The molecule has 1 atom stereocenters. The van der Waals surface area contributed by atoms with E-state index in [1.807, 2.05) is 78.9 Å². The number of imidazole rings is 1. The smallest absolute Gasteiger partial charge is 0.206 e. The molecule has 8 heteroatoms. The van der Waals surface area contributed by atoms with Crippen molar-refractivity contribution in [3.63, 3.8) is 0 Å². The van der Waals surface area contributed by atoms with Crippen molar-refractivity contribution >= 4 is 117 Å². The molecule has 0 aliphatic rings. The molecular formula is C49H32N4OP2S. The van der Waals surface area contributed by atoms with Crippen molar-refractivity contribution in [2.75, 3.05) is 0 Å². The number of nitrogens with zero attached hydrogens (tertiary/aromatic N) is 4. The van der Waals surface area contributed by atoms with Gasteiger partial charge in [0.05, 0.1) is 22.1 Å². The van der Waals surface area contributed by atoms with Crippen molar-refractivity contribution in [3.05, 3.63) is 194 Å². The molecule has 11 rings (SSSR count). The zero-order valence-corrected chi connectivity index (χ0v) is 33.1. The maximum Gasteiger partial charge on any atom is 0.206 e. The number of para-hydroxylation sites is 2. The standard InChI is InChI=1S/C49H32N4OP2S/c54-55(38-27-26-33-14-7-8-15-34(33)30-38,49-50-32-35-16-9-11-23-42(35)52-49)39-28-29-45-43(31-39)51-48-41-22-13-25-46(47(41)40-21-10-12-24-44(40)53(45)48)56(57,36-17-3-1-4-18-36)37-19-5-2-6-20-37/h1-32H. The van der Waals surface area contributed by atoms with Crippen LogP contribution in [0, 0.1) is 0 Å². The lowest BCUT2D eigenvalue weighted by atomic mass is 10.1. The van der Waals surface area contributed by atoms with E-state index in [4.69, 9.17) is 26.8 Å². The van der Waals surface area contributed by atoms with Crippen LogP contribution in [0.4, 0.5) is 0 Å². The Morgan fingerprint density at radius 1 is 0.474 bits per heavy atom. The maximum atomic E-state index is 16.0. The van der Waals surface area contributed by atoms with Crippen LogP contribution in [-0.4, -0.2) is 19.4 Å². The zero-order valence-electron chi connectivity index (χ0n) is 30.5. The van der Waals surface area contributed by atoms with Gasteiger partial charge in [0, 0.05) is 49.7 Å². The Morgan fingerprint density at radius 3 is 1.89 bits per heavy atom. The molecule has 0 aliphatic heterocycles. The Balaban J connectivity index is 1.20. The van der Waals surface area contributed by atoms with E-state index in [-0.39, 0.29) is 0 Å². The minimum absolute atomic E-state index is 0.299. The summed E-state index contributed by atoms with van der Waals surface area (Å²) in [5.74, 6) is 0. The summed E-state index contributed by atoms with van der Waals surface area (Å²) in [6.45, 7) is 0. The average molecular weight is 787 g/mol. The Kier molecular flexibility index (Phi) is 7.84. The molecule has 1 unspecified atom stereocenters. The Hall–Kier alpha value is -6.29. The van der Waals surface area contributed by atoms with Gasteiger partial charge < -0.3 is 4.57 Å². The molecule has 0 spiro atoms. The fourth-order valence-electron chi connectivity index (χ4n) is 8.41. The Morgan fingerprint density at radius 2 is 1.11 bits per heavy atom. The largest absolute Gasteiger partial charge is 0.305 e. The first-order valence-corrected chi connectivity index (χ1v) is 23.3. The van der Waals surface area contributed by atoms with Crippen molar-refractivity contribution in [2.45, 2.75) is 0 Å². The lowest BCUT2D eigenvalue weighted by Crippen LogP contribution is -2.29. The van der Waals surface area contributed by atoms with Crippen LogP contribution in [0.1, 0.15) is 0 Å². The zero-order chi connectivity index (χ0) is 38.1. The second-order valence-electron chi connectivity index (χ2n) is 14.3. The first-order chi connectivity index (χ1) is 28.0. The first kappa shape index (κ1) is 34.0. The molecular weight excluding hydrogens is 755 g/mol. The monoisotopic (exact) mass is 786 g/mol. The molecule has 3 heterocycles. The van der Waals surface area contributed by atoms with Gasteiger partial charge in [-0.15, -0.1) is 0 Å². The van der Waals surface area contributed by atoms with Crippen LogP contribution in [0.15, 0.2) is 194 Å². The fraction of sp³-hybridized carbons (Fsp3) is 0. The topological polar surface area (TPSA) is 60.2 Å². The van der Waals surface area contributed by atoms with Gasteiger partial charge in [-0.25, -0.2) is 15.0 Å². The molecule has 0 aliphatic carbocycles. The van der Waals surface area contributed by atoms with Crippen LogP contribution in [-0.2, 0) is 16.4 Å². The normalized spacial score (nSPS) is 13.2. The van der Waals surface area contributed by atoms with Crippen molar-refractivity contribution < 1.29 is 4.57 Å². The van der Waals surface area contributed by atoms with E-state index in [0.29, 0.717) is 16.2 Å². The van der Waals surface area contributed by atoms with Gasteiger partial charge in [0.2, 0.25) is 7.14 Å². The number of fused-ring (bicyclic) bond motifs is 10. The lowest BCUT2D eigenvalue weighted by Gasteiger charge is -2.26. The fourth-order valence-corrected chi connectivity index (χ4v) is 14.9. The first-order valence-electron chi connectivity index (χ1n) is 18.8. The quantitative estimate of drug-likeness (QED) is 0.124. The minimum Gasteiger partial charge on any atom is -0.305 e. The van der Waals surface area contributed by atoms with E-state index < -0.39 is 13.2 Å². The van der Waals surface area contributed by atoms with E-state index in [1.165, 1.54) is 0 Å². The van der Waals surface area contributed by atoms with Gasteiger partial charge >= 0.3 is 0 Å².